The molecule has 1 aromatic carbocycles. The van der Waals surface area contributed by atoms with Gasteiger partial charge in [-0.25, -0.2) is 0 Å². The van der Waals surface area contributed by atoms with Gasteiger partial charge in [0.25, 0.3) is 0 Å². The molecule has 0 nitrogen and oxygen atoms in total. The second-order valence-electron chi connectivity index (χ2n) is 12.8. The third-order valence-electron chi connectivity index (χ3n) is 9.92. The molecule has 0 atom stereocenters. The second-order valence-corrected chi connectivity index (χ2v) is 12.8. The van der Waals surface area contributed by atoms with Gasteiger partial charge >= 0.3 is 0 Å². The van der Waals surface area contributed by atoms with E-state index in [2.05, 4.69) is 39.0 Å². The van der Waals surface area contributed by atoms with Crippen molar-refractivity contribution in [3.05, 3.63) is 34.9 Å². The molecule has 0 heterocycles. The molecular weight excluding hydrogens is 420 g/mol. The highest BCUT2D eigenvalue weighted by molar-refractivity contribution is 5.31. The van der Waals surface area contributed by atoms with Gasteiger partial charge in [-0.05, 0) is 73.0 Å². The van der Waals surface area contributed by atoms with Crippen LogP contribution < -0.4 is 0 Å². The number of aryl methyl sites for hydroxylation is 3. The smallest absolute Gasteiger partial charge is 0.0274 e. The number of hydrogen-bond donors (Lipinski definition) is 0. The van der Waals surface area contributed by atoms with E-state index < -0.39 is 0 Å². The van der Waals surface area contributed by atoms with Crippen LogP contribution in [0.2, 0.25) is 0 Å². The molecule has 0 saturated heterocycles. The zero-order chi connectivity index (χ0) is 24.7. The largest absolute Gasteiger partial charge is 0.0654 e. The van der Waals surface area contributed by atoms with Gasteiger partial charge in [-0.1, -0.05) is 148 Å². The van der Waals surface area contributed by atoms with Gasteiger partial charge in [-0.15, -0.1) is 0 Å². The molecule has 35 heavy (non-hydrogen) atoms. The third-order valence-corrected chi connectivity index (χ3v) is 9.92. The summed E-state index contributed by atoms with van der Waals surface area (Å²) in [5, 5.41) is 0. The summed E-state index contributed by atoms with van der Waals surface area (Å²) in [6.07, 6.45) is 32.0. The molecular formula is C35H60. The predicted molar refractivity (Wildman–Crippen MR) is 156 cm³/mol. The lowest BCUT2D eigenvalue weighted by atomic mass is 9.77. The lowest BCUT2D eigenvalue weighted by Gasteiger charge is -2.29. The van der Waals surface area contributed by atoms with E-state index >= 15 is 0 Å². The molecule has 2 aliphatic carbocycles. The molecule has 2 aliphatic rings. The van der Waals surface area contributed by atoms with Crippen LogP contribution in [0.5, 0.6) is 0 Å². The summed E-state index contributed by atoms with van der Waals surface area (Å²) in [5.41, 5.74) is 4.77. The van der Waals surface area contributed by atoms with Crippen molar-refractivity contribution in [2.24, 2.45) is 23.7 Å². The minimum absolute atomic E-state index is 0.988. The van der Waals surface area contributed by atoms with Crippen LogP contribution in [0.25, 0.3) is 0 Å². The van der Waals surface area contributed by atoms with Crippen LogP contribution in [0.4, 0.5) is 0 Å². The highest BCUT2D eigenvalue weighted by atomic mass is 14.3. The highest BCUT2D eigenvalue weighted by Gasteiger charge is 2.22. The lowest BCUT2D eigenvalue weighted by molar-refractivity contribution is 0.248. The summed E-state index contributed by atoms with van der Waals surface area (Å²) in [6, 6.07) is 7.47. The minimum atomic E-state index is 0.988. The van der Waals surface area contributed by atoms with Crippen molar-refractivity contribution in [1.29, 1.82) is 0 Å². The van der Waals surface area contributed by atoms with Gasteiger partial charge in [-0.3, -0.25) is 0 Å². The fourth-order valence-corrected chi connectivity index (χ4v) is 7.34. The first-order chi connectivity index (χ1) is 17.2. The van der Waals surface area contributed by atoms with Crippen LogP contribution in [0.1, 0.15) is 159 Å². The molecule has 0 bridgehead atoms. The molecule has 0 heteroatoms. The molecule has 0 unspecified atom stereocenters. The fraction of sp³-hybridized carbons (Fsp3) is 0.829. The van der Waals surface area contributed by atoms with Crippen LogP contribution in [-0.4, -0.2) is 0 Å². The Morgan fingerprint density at radius 1 is 0.543 bits per heavy atom. The first kappa shape index (κ1) is 28.8. The molecule has 0 radical (unpaired) electrons. The summed E-state index contributed by atoms with van der Waals surface area (Å²) in [7, 11) is 0. The first-order valence-corrected chi connectivity index (χ1v) is 16.3. The van der Waals surface area contributed by atoms with E-state index in [0.29, 0.717) is 0 Å². The zero-order valence-corrected chi connectivity index (χ0v) is 24.1. The Labute approximate surface area is 220 Å². The van der Waals surface area contributed by atoms with E-state index in [1.807, 2.05) is 0 Å². The van der Waals surface area contributed by atoms with Crippen LogP contribution in [0, 0.1) is 30.6 Å². The standard InChI is InChI=1S/C35H60/c1-4-6-7-8-9-10-11-13-31-16-20-33(21-17-31)24-26-35-27-25-34(28-29(35)3)23-22-32-18-14-30(12-5-2)15-19-32/h25,27-28,30-33H,4-24,26H2,1-3H3. The maximum absolute atomic E-state index is 2.53. The Kier molecular flexibility index (Phi) is 13.9. The Bertz CT molecular complexity index is 657. The average Bonchev–Trinajstić information content (AvgIpc) is 2.88. The van der Waals surface area contributed by atoms with Gasteiger partial charge in [0.05, 0.1) is 0 Å². The normalized spacial score (nSPS) is 25.1. The minimum Gasteiger partial charge on any atom is -0.0654 e. The summed E-state index contributed by atoms with van der Waals surface area (Å²) in [4.78, 5) is 0. The summed E-state index contributed by atoms with van der Waals surface area (Å²) >= 11 is 0. The Morgan fingerprint density at radius 2 is 1.06 bits per heavy atom. The van der Waals surface area contributed by atoms with Crippen molar-refractivity contribution in [3.8, 4) is 0 Å². The van der Waals surface area contributed by atoms with Crippen molar-refractivity contribution in [1.82, 2.24) is 0 Å². The summed E-state index contributed by atoms with van der Waals surface area (Å²) < 4.78 is 0. The molecule has 0 N–H and O–H groups in total. The van der Waals surface area contributed by atoms with Gasteiger partial charge < -0.3 is 0 Å². The molecule has 2 saturated carbocycles. The predicted octanol–water partition coefficient (Wildman–Crippen LogP) is 11.4. The van der Waals surface area contributed by atoms with Gasteiger partial charge in [0, 0.05) is 0 Å². The van der Waals surface area contributed by atoms with Crippen LogP contribution >= 0.6 is 0 Å². The Morgan fingerprint density at radius 3 is 1.63 bits per heavy atom. The maximum Gasteiger partial charge on any atom is -0.0274 e. The van der Waals surface area contributed by atoms with Crippen LogP contribution in [0.15, 0.2) is 18.2 Å². The average molecular weight is 481 g/mol. The number of unbranched alkanes of at least 4 members (excludes halogenated alkanes) is 6. The third kappa shape index (κ3) is 11.0. The van der Waals surface area contributed by atoms with Crippen molar-refractivity contribution in [3.63, 3.8) is 0 Å². The Hall–Kier alpha value is -0.780. The quantitative estimate of drug-likeness (QED) is 0.206. The van der Waals surface area contributed by atoms with Crippen LogP contribution in [-0.2, 0) is 12.8 Å². The molecule has 0 aliphatic heterocycles. The van der Waals surface area contributed by atoms with Crippen molar-refractivity contribution < 1.29 is 0 Å². The molecule has 3 rings (SSSR count). The number of rotatable bonds is 16. The van der Waals surface area contributed by atoms with Gasteiger partial charge in [0.15, 0.2) is 0 Å². The van der Waals surface area contributed by atoms with E-state index in [0.717, 1.165) is 23.7 Å². The Balaban J connectivity index is 1.27. The maximum atomic E-state index is 2.53. The molecule has 1 aromatic rings. The van der Waals surface area contributed by atoms with Crippen molar-refractivity contribution in [2.45, 2.75) is 162 Å². The van der Waals surface area contributed by atoms with E-state index in [1.165, 1.54) is 141 Å². The summed E-state index contributed by atoms with van der Waals surface area (Å²) in [6.45, 7) is 7.03. The SMILES string of the molecule is CCCCCCCCCC1CCC(CCc2ccc(CCC3CCC(CCC)CC3)cc2C)CC1. The molecule has 0 aromatic heterocycles. The van der Waals surface area contributed by atoms with Gasteiger partial charge in [0.2, 0.25) is 0 Å². The van der Waals surface area contributed by atoms with E-state index in [-0.39, 0.29) is 0 Å². The van der Waals surface area contributed by atoms with E-state index in [9.17, 15) is 0 Å². The first-order valence-electron chi connectivity index (χ1n) is 16.3. The topological polar surface area (TPSA) is 0 Å². The van der Waals surface area contributed by atoms with Gasteiger partial charge in [0.1, 0.15) is 0 Å². The zero-order valence-electron chi connectivity index (χ0n) is 24.1. The van der Waals surface area contributed by atoms with Gasteiger partial charge in [-0.2, -0.15) is 0 Å². The summed E-state index contributed by atoms with van der Waals surface area (Å²) in [5.74, 6) is 4.06. The molecule has 2 fully saturated rings. The second kappa shape index (κ2) is 16.9. The number of benzene rings is 1. The molecule has 0 spiro atoms. The number of hydrogen-bond acceptors (Lipinski definition) is 0. The fourth-order valence-electron chi connectivity index (χ4n) is 7.34. The van der Waals surface area contributed by atoms with Crippen LogP contribution in [0.3, 0.4) is 0 Å². The molecule has 0 amide bonds. The lowest BCUT2D eigenvalue weighted by Crippen LogP contribution is -2.15. The monoisotopic (exact) mass is 480 g/mol. The van der Waals surface area contributed by atoms with E-state index in [1.54, 1.807) is 16.7 Å². The van der Waals surface area contributed by atoms with Crippen molar-refractivity contribution in [2.75, 3.05) is 0 Å². The molecule has 200 valence electrons. The van der Waals surface area contributed by atoms with Crippen molar-refractivity contribution >= 4 is 0 Å². The van der Waals surface area contributed by atoms with E-state index in [4.69, 9.17) is 0 Å². The highest BCUT2D eigenvalue weighted by Crippen LogP contribution is 2.35.